The van der Waals surface area contributed by atoms with Gasteiger partial charge in [-0.2, -0.15) is 0 Å². The Morgan fingerprint density at radius 1 is 1.40 bits per heavy atom. The maximum atomic E-state index is 11.8. The summed E-state index contributed by atoms with van der Waals surface area (Å²) in [5.41, 5.74) is 1.75. The number of nitrogens with one attached hydrogen (secondary N) is 2. The van der Waals surface area contributed by atoms with Gasteiger partial charge in [-0.1, -0.05) is 19.1 Å². The number of benzene rings is 1. The minimum absolute atomic E-state index is 0.00983. The molecule has 0 saturated carbocycles. The molecule has 3 N–H and O–H groups in total. The molecule has 1 aromatic carbocycles. The lowest BCUT2D eigenvalue weighted by Crippen LogP contribution is -2.32. The van der Waals surface area contributed by atoms with Gasteiger partial charge in [-0.05, 0) is 37.0 Å². The minimum atomic E-state index is -0.239. The molecule has 2 amide bonds. The van der Waals surface area contributed by atoms with Crippen LogP contribution in [0.2, 0.25) is 0 Å². The number of carbonyl (C=O) groups is 1. The van der Waals surface area contributed by atoms with Crippen LogP contribution in [-0.2, 0) is 4.74 Å². The highest BCUT2D eigenvalue weighted by molar-refractivity contribution is 5.89. The van der Waals surface area contributed by atoms with Crippen molar-refractivity contribution in [3.63, 3.8) is 0 Å². The van der Waals surface area contributed by atoms with Crippen molar-refractivity contribution in [3.05, 3.63) is 29.8 Å². The summed E-state index contributed by atoms with van der Waals surface area (Å²) in [7, 11) is 1.65. The minimum Gasteiger partial charge on any atom is -0.396 e. The molecule has 0 radical (unpaired) electrons. The van der Waals surface area contributed by atoms with Crippen LogP contribution in [0.1, 0.15) is 31.9 Å². The van der Waals surface area contributed by atoms with E-state index in [0.29, 0.717) is 13.0 Å². The molecule has 0 bridgehead atoms. The number of urea groups is 1. The summed E-state index contributed by atoms with van der Waals surface area (Å²) in [4.78, 5) is 11.8. The van der Waals surface area contributed by atoms with Crippen LogP contribution >= 0.6 is 0 Å². The Morgan fingerprint density at radius 2 is 2.15 bits per heavy atom. The van der Waals surface area contributed by atoms with E-state index < -0.39 is 0 Å². The second-order valence-electron chi connectivity index (χ2n) is 4.96. The van der Waals surface area contributed by atoms with E-state index in [1.807, 2.05) is 38.1 Å². The van der Waals surface area contributed by atoms with E-state index in [1.54, 1.807) is 7.11 Å². The maximum Gasteiger partial charge on any atom is 0.319 e. The summed E-state index contributed by atoms with van der Waals surface area (Å²) in [5, 5.41) is 14.4. The van der Waals surface area contributed by atoms with Crippen molar-refractivity contribution in [2.24, 2.45) is 5.92 Å². The second kappa shape index (κ2) is 8.55. The van der Waals surface area contributed by atoms with Gasteiger partial charge in [-0.15, -0.1) is 0 Å². The Hall–Kier alpha value is -1.59. The van der Waals surface area contributed by atoms with Gasteiger partial charge in [0.25, 0.3) is 0 Å². The van der Waals surface area contributed by atoms with Gasteiger partial charge in [-0.3, -0.25) is 0 Å². The third-order valence-electron chi connectivity index (χ3n) is 3.20. The highest BCUT2D eigenvalue weighted by Crippen LogP contribution is 2.19. The van der Waals surface area contributed by atoms with Gasteiger partial charge < -0.3 is 20.5 Å². The van der Waals surface area contributed by atoms with Crippen molar-refractivity contribution in [2.45, 2.75) is 26.4 Å². The number of aliphatic hydroxyl groups excluding tert-OH is 1. The normalized spacial score (nSPS) is 13.6. The van der Waals surface area contributed by atoms with Gasteiger partial charge in [0.1, 0.15) is 0 Å². The Kier molecular flexibility index (Phi) is 7.04. The number of rotatable bonds is 7. The number of carbonyl (C=O) groups excluding carboxylic acids is 1. The van der Waals surface area contributed by atoms with Crippen LogP contribution in [0.5, 0.6) is 0 Å². The molecule has 2 atom stereocenters. The van der Waals surface area contributed by atoms with E-state index >= 15 is 0 Å². The molecule has 0 heterocycles. The first-order chi connectivity index (χ1) is 9.56. The molecule has 5 heteroatoms. The lowest BCUT2D eigenvalue weighted by Gasteiger charge is -2.14. The zero-order valence-electron chi connectivity index (χ0n) is 12.3. The first-order valence-corrected chi connectivity index (χ1v) is 6.85. The standard InChI is InChI=1S/C15H24N2O3/c1-11(7-8-18)10-16-15(19)17-14-6-4-5-13(9-14)12(2)20-3/h4-6,9,11-12,18H,7-8,10H2,1-3H3,(H2,16,17,19). The first kappa shape index (κ1) is 16.5. The molecule has 1 aromatic rings. The molecule has 0 aliphatic heterocycles. The molecule has 5 nitrogen and oxygen atoms in total. The van der Waals surface area contributed by atoms with Gasteiger partial charge in [0, 0.05) is 25.9 Å². The molecule has 0 aliphatic rings. The molecule has 0 aliphatic carbocycles. The Morgan fingerprint density at radius 3 is 2.80 bits per heavy atom. The van der Waals surface area contributed by atoms with Crippen LogP contribution in [-0.4, -0.2) is 31.4 Å². The van der Waals surface area contributed by atoms with Gasteiger partial charge in [0.2, 0.25) is 0 Å². The monoisotopic (exact) mass is 280 g/mol. The SMILES string of the molecule is COC(C)c1cccc(NC(=O)NCC(C)CCO)c1. The fourth-order valence-electron chi connectivity index (χ4n) is 1.77. The van der Waals surface area contributed by atoms with Crippen LogP contribution in [0.3, 0.4) is 0 Å². The van der Waals surface area contributed by atoms with Crippen LogP contribution in [0.15, 0.2) is 24.3 Å². The van der Waals surface area contributed by atoms with E-state index in [-0.39, 0.29) is 24.7 Å². The van der Waals surface area contributed by atoms with Crippen molar-refractivity contribution < 1.29 is 14.6 Å². The maximum absolute atomic E-state index is 11.8. The number of hydrogen-bond donors (Lipinski definition) is 3. The van der Waals surface area contributed by atoms with Gasteiger partial charge >= 0.3 is 6.03 Å². The highest BCUT2D eigenvalue weighted by Gasteiger charge is 2.07. The van der Waals surface area contributed by atoms with E-state index in [0.717, 1.165) is 11.3 Å². The molecule has 0 saturated heterocycles. The topological polar surface area (TPSA) is 70.6 Å². The third-order valence-corrected chi connectivity index (χ3v) is 3.20. The number of hydrogen-bond acceptors (Lipinski definition) is 3. The van der Waals surface area contributed by atoms with E-state index in [1.165, 1.54) is 0 Å². The Balaban J connectivity index is 2.49. The van der Waals surface area contributed by atoms with Crippen LogP contribution in [0, 0.1) is 5.92 Å². The lowest BCUT2D eigenvalue weighted by atomic mass is 10.1. The highest BCUT2D eigenvalue weighted by atomic mass is 16.5. The van der Waals surface area contributed by atoms with E-state index in [4.69, 9.17) is 9.84 Å². The van der Waals surface area contributed by atoms with E-state index in [2.05, 4.69) is 10.6 Å². The molecule has 112 valence electrons. The van der Waals surface area contributed by atoms with Crippen molar-refractivity contribution in [2.75, 3.05) is 25.6 Å². The number of amides is 2. The molecule has 2 unspecified atom stereocenters. The number of anilines is 1. The Labute approximate surface area is 120 Å². The van der Waals surface area contributed by atoms with Gasteiger partial charge in [-0.25, -0.2) is 4.79 Å². The zero-order chi connectivity index (χ0) is 15.0. The summed E-state index contributed by atoms with van der Waals surface area (Å²) in [5.74, 6) is 0.255. The van der Waals surface area contributed by atoms with Gasteiger partial charge in [0.05, 0.1) is 6.10 Å². The molecular weight excluding hydrogens is 256 g/mol. The first-order valence-electron chi connectivity index (χ1n) is 6.85. The van der Waals surface area contributed by atoms with Crippen molar-refractivity contribution in [1.29, 1.82) is 0 Å². The number of ether oxygens (including phenoxy) is 1. The summed E-state index contributed by atoms with van der Waals surface area (Å²) in [6.07, 6.45) is 0.672. The molecule has 0 fully saturated rings. The largest absolute Gasteiger partial charge is 0.396 e. The summed E-state index contributed by atoms with van der Waals surface area (Å²) >= 11 is 0. The quantitative estimate of drug-likeness (QED) is 0.719. The smallest absolute Gasteiger partial charge is 0.319 e. The zero-order valence-corrected chi connectivity index (χ0v) is 12.3. The molecule has 0 aromatic heterocycles. The number of methoxy groups -OCH3 is 1. The molecule has 0 spiro atoms. The average Bonchev–Trinajstić information content (AvgIpc) is 2.45. The van der Waals surface area contributed by atoms with Crippen molar-refractivity contribution in [1.82, 2.24) is 5.32 Å². The molecule has 20 heavy (non-hydrogen) atoms. The van der Waals surface area contributed by atoms with Crippen LogP contribution in [0.4, 0.5) is 10.5 Å². The summed E-state index contributed by atoms with van der Waals surface area (Å²) in [6, 6.07) is 7.33. The number of aliphatic hydroxyl groups is 1. The molecular formula is C15H24N2O3. The van der Waals surface area contributed by atoms with Crippen molar-refractivity contribution in [3.8, 4) is 0 Å². The van der Waals surface area contributed by atoms with Gasteiger partial charge in [0.15, 0.2) is 0 Å². The van der Waals surface area contributed by atoms with Crippen LogP contribution < -0.4 is 10.6 Å². The predicted molar refractivity (Wildman–Crippen MR) is 79.8 cm³/mol. The lowest BCUT2D eigenvalue weighted by molar-refractivity contribution is 0.119. The summed E-state index contributed by atoms with van der Waals surface area (Å²) in [6.45, 7) is 4.62. The van der Waals surface area contributed by atoms with E-state index in [9.17, 15) is 4.79 Å². The fraction of sp³-hybridized carbons (Fsp3) is 0.533. The van der Waals surface area contributed by atoms with Crippen LogP contribution in [0.25, 0.3) is 0 Å². The average molecular weight is 280 g/mol. The third kappa shape index (κ3) is 5.59. The van der Waals surface area contributed by atoms with Crippen molar-refractivity contribution >= 4 is 11.7 Å². The second-order valence-corrected chi connectivity index (χ2v) is 4.96. The Bertz CT molecular complexity index is 423. The predicted octanol–water partition coefficient (Wildman–Crippen LogP) is 2.53. The summed E-state index contributed by atoms with van der Waals surface area (Å²) < 4.78 is 5.25. The fourth-order valence-corrected chi connectivity index (χ4v) is 1.77. The molecule has 1 rings (SSSR count).